The molecule has 1 aromatic heterocycles. The molecule has 0 fully saturated rings. The van der Waals surface area contributed by atoms with Crippen molar-refractivity contribution in [2.24, 2.45) is 0 Å². The second kappa shape index (κ2) is 6.53. The fourth-order valence-electron chi connectivity index (χ4n) is 2.67. The van der Waals surface area contributed by atoms with Gasteiger partial charge < -0.3 is 9.84 Å². The Morgan fingerprint density at radius 2 is 1.73 bits per heavy atom. The molecule has 0 aliphatic carbocycles. The molecule has 0 spiro atoms. The molecule has 0 saturated carbocycles. The fourth-order valence-corrected chi connectivity index (χ4v) is 3.76. The summed E-state index contributed by atoms with van der Waals surface area (Å²) in [5, 5.41) is 9.24. The monoisotopic (exact) mass is 366 g/mol. The van der Waals surface area contributed by atoms with E-state index in [1.165, 1.54) is 35.6 Å². The number of para-hydroxylation sites is 1. The summed E-state index contributed by atoms with van der Waals surface area (Å²) in [4.78, 5) is 25.9. The lowest BCUT2D eigenvalue weighted by molar-refractivity contribution is 0.0849. The number of rotatable bonds is 2. The second-order valence-corrected chi connectivity index (χ2v) is 6.76. The minimum atomic E-state index is -0.464. The highest BCUT2D eigenvalue weighted by atomic mass is 32.1. The molecule has 2 aromatic carbocycles. The van der Waals surface area contributed by atoms with Gasteiger partial charge in [0.2, 0.25) is 0 Å². The number of aromatic hydroxyl groups is 1. The smallest absolute Gasteiger partial charge is 0.279 e. The number of hydrogen-bond donors (Lipinski definition) is 3. The van der Waals surface area contributed by atoms with Crippen molar-refractivity contribution >= 4 is 23.2 Å². The van der Waals surface area contributed by atoms with Crippen molar-refractivity contribution in [3.05, 3.63) is 70.6 Å². The number of hydrazine groups is 1. The average molecular weight is 366 g/mol. The Bertz CT molecular complexity index is 995. The first-order chi connectivity index (χ1) is 12.6. The molecule has 1 aliphatic rings. The van der Waals surface area contributed by atoms with Crippen LogP contribution < -0.4 is 15.6 Å². The molecule has 7 heteroatoms. The summed E-state index contributed by atoms with van der Waals surface area (Å²) < 4.78 is 5.69. The van der Waals surface area contributed by atoms with Gasteiger partial charge in [-0.2, -0.15) is 0 Å². The number of nitrogens with one attached hydrogen (secondary N) is 2. The minimum Gasteiger partial charge on any atom is -0.508 e. The first kappa shape index (κ1) is 16.2. The second-order valence-electron chi connectivity index (χ2n) is 5.70. The maximum Gasteiger partial charge on any atom is 0.279 e. The average Bonchev–Trinajstić information content (AvgIpc) is 3.11. The largest absolute Gasteiger partial charge is 0.508 e. The van der Waals surface area contributed by atoms with Crippen LogP contribution in [-0.2, 0) is 6.61 Å². The Morgan fingerprint density at radius 1 is 1.00 bits per heavy atom. The first-order valence-electron chi connectivity index (χ1n) is 7.86. The van der Waals surface area contributed by atoms with Gasteiger partial charge >= 0.3 is 0 Å². The van der Waals surface area contributed by atoms with Crippen LogP contribution in [0.3, 0.4) is 0 Å². The third-order valence-corrected chi connectivity index (χ3v) is 5.18. The van der Waals surface area contributed by atoms with E-state index in [1.807, 2.05) is 24.3 Å². The van der Waals surface area contributed by atoms with Crippen LogP contribution in [0, 0.1) is 0 Å². The van der Waals surface area contributed by atoms with Crippen molar-refractivity contribution in [3.8, 4) is 21.9 Å². The number of phenolic OH excluding ortho intramolecular Hbond substituents is 1. The van der Waals surface area contributed by atoms with E-state index in [9.17, 15) is 14.7 Å². The van der Waals surface area contributed by atoms with Gasteiger partial charge in [0.15, 0.2) is 0 Å². The van der Waals surface area contributed by atoms with E-state index in [0.717, 1.165) is 21.8 Å². The van der Waals surface area contributed by atoms with Gasteiger partial charge in [0.25, 0.3) is 11.8 Å². The molecule has 3 N–H and O–H groups in total. The highest BCUT2D eigenvalue weighted by Crippen LogP contribution is 2.42. The molecular weight excluding hydrogens is 352 g/mol. The van der Waals surface area contributed by atoms with Gasteiger partial charge in [0.05, 0.1) is 4.88 Å². The molecule has 0 saturated heterocycles. The van der Waals surface area contributed by atoms with E-state index in [4.69, 9.17) is 4.74 Å². The molecule has 0 radical (unpaired) electrons. The Hall–Kier alpha value is -3.32. The number of amides is 2. The summed E-state index contributed by atoms with van der Waals surface area (Å²) in [6, 6.07) is 15.2. The standard InChI is InChI=1S/C19H14N2O4S/c22-13-7-5-11(6-8-13)18(23)20-21-19(24)16-9-12-10-25-15-4-2-1-3-14(15)17(12)26-16/h1-9,22H,10H2,(H,20,23)(H,21,24). The predicted molar refractivity (Wildman–Crippen MR) is 97.1 cm³/mol. The van der Waals surface area contributed by atoms with Gasteiger partial charge in [-0.05, 0) is 42.5 Å². The molecular formula is C19H14N2O4S. The summed E-state index contributed by atoms with van der Waals surface area (Å²) in [5.74, 6) is 0.00838. The van der Waals surface area contributed by atoms with E-state index in [1.54, 1.807) is 6.07 Å². The van der Waals surface area contributed by atoms with Gasteiger partial charge in [-0.15, -0.1) is 11.3 Å². The van der Waals surface area contributed by atoms with Gasteiger partial charge in [-0.3, -0.25) is 20.4 Å². The minimum absolute atomic E-state index is 0.0669. The number of benzene rings is 2. The number of thiophene rings is 1. The molecule has 0 unspecified atom stereocenters. The van der Waals surface area contributed by atoms with Crippen LogP contribution >= 0.6 is 11.3 Å². The van der Waals surface area contributed by atoms with Crippen molar-refractivity contribution in [2.75, 3.05) is 0 Å². The van der Waals surface area contributed by atoms with Gasteiger partial charge in [0, 0.05) is 21.6 Å². The van der Waals surface area contributed by atoms with E-state index in [-0.39, 0.29) is 5.75 Å². The summed E-state index contributed by atoms with van der Waals surface area (Å²) in [6.45, 7) is 0.413. The van der Waals surface area contributed by atoms with Crippen LogP contribution in [0.25, 0.3) is 10.4 Å². The van der Waals surface area contributed by atoms with Gasteiger partial charge in [0.1, 0.15) is 18.1 Å². The Labute approximate surface area is 153 Å². The van der Waals surface area contributed by atoms with Crippen molar-refractivity contribution in [1.29, 1.82) is 0 Å². The van der Waals surface area contributed by atoms with E-state index < -0.39 is 11.8 Å². The summed E-state index contributed by atoms with van der Waals surface area (Å²) in [6.07, 6.45) is 0. The molecule has 2 heterocycles. The van der Waals surface area contributed by atoms with Crippen LogP contribution in [0.4, 0.5) is 0 Å². The van der Waals surface area contributed by atoms with Gasteiger partial charge in [-0.25, -0.2) is 0 Å². The third kappa shape index (κ3) is 3.00. The number of hydrogen-bond acceptors (Lipinski definition) is 5. The van der Waals surface area contributed by atoms with E-state index in [2.05, 4.69) is 10.9 Å². The number of fused-ring (bicyclic) bond motifs is 3. The molecule has 6 nitrogen and oxygen atoms in total. The normalized spacial score (nSPS) is 11.7. The summed E-state index contributed by atoms with van der Waals surface area (Å²) in [5.41, 5.74) is 7.03. The Balaban J connectivity index is 1.47. The van der Waals surface area contributed by atoms with Crippen LogP contribution in [0.2, 0.25) is 0 Å². The van der Waals surface area contributed by atoms with E-state index in [0.29, 0.717) is 17.0 Å². The quantitative estimate of drug-likeness (QED) is 0.608. The highest BCUT2D eigenvalue weighted by Gasteiger charge is 2.22. The van der Waals surface area contributed by atoms with Crippen LogP contribution in [0.5, 0.6) is 11.5 Å². The molecule has 3 aromatic rings. The molecule has 1 aliphatic heterocycles. The lowest BCUT2D eigenvalue weighted by atomic mass is 10.1. The number of carbonyl (C=O) groups excluding carboxylic acids is 2. The van der Waals surface area contributed by atoms with E-state index >= 15 is 0 Å². The zero-order valence-corrected chi connectivity index (χ0v) is 14.3. The Morgan fingerprint density at radius 3 is 2.54 bits per heavy atom. The fraction of sp³-hybridized carbons (Fsp3) is 0.0526. The molecule has 2 amide bonds. The zero-order chi connectivity index (χ0) is 18.1. The summed E-state index contributed by atoms with van der Waals surface area (Å²) >= 11 is 1.36. The topological polar surface area (TPSA) is 87.7 Å². The SMILES string of the molecule is O=C(NNC(=O)c1cc2c(s1)-c1ccccc1OC2)c1ccc(O)cc1. The Kier molecular flexibility index (Phi) is 4.06. The molecule has 26 heavy (non-hydrogen) atoms. The van der Waals surface area contributed by atoms with Gasteiger partial charge in [-0.1, -0.05) is 12.1 Å². The number of phenols is 1. The highest BCUT2D eigenvalue weighted by molar-refractivity contribution is 7.17. The van der Waals surface area contributed by atoms with Crippen LogP contribution in [-0.4, -0.2) is 16.9 Å². The van der Waals surface area contributed by atoms with Crippen molar-refractivity contribution in [2.45, 2.75) is 6.61 Å². The van der Waals surface area contributed by atoms with Crippen molar-refractivity contribution in [3.63, 3.8) is 0 Å². The van der Waals surface area contributed by atoms with Crippen molar-refractivity contribution in [1.82, 2.24) is 10.9 Å². The molecule has 4 rings (SSSR count). The number of carbonyl (C=O) groups is 2. The first-order valence-corrected chi connectivity index (χ1v) is 8.68. The third-order valence-electron chi connectivity index (χ3n) is 3.97. The molecule has 0 bridgehead atoms. The molecule has 130 valence electrons. The maximum atomic E-state index is 12.4. The molecule has 0 atom stereocenters. The summed E-state index contributed by atoms with van der Waals surface area (Å²) in [7, 11) is 0. The lowest BCUT2D eigenvalue weighted by Crippen LogP contribution is -2.41. The predicted octanol–water partition coefficient (Wildman–Crippen LogP) is 3.09. The lowest BCUT2D eigenvalue weighted by Gasteiger charge is -2.16. The zero-order valence-electron chi connectivity index (χ0n) is 13.5. The maximum absolute atomic E-state index is 12.4. The number of ether oxygens (including phenoxy) is 1. The van der Waals surface area contributed by atoms with Crippen molar-refractivity contribution < 1.29 is 19.4 Å². The van der Waals surface area contributed by atoms with Crippen LogP contribution in [0.1, 0.15) is 25.6 Å². The van der Waals surface area contributed by atoms with Crippen LogP contribution in [0.15, 0.2) is 54.6 Å².